The molecule has 2 heterocycles. The predicted molar refractivity (Wildman–Crippen MR) is 117 cm³/mol. The Kier molecular flexibility index (Phi) is 5.14. The van der Waals surface area contributed by atoms with Crippen LogP contribution >= 0.6 is 11.3 Å². The summed E-state index contributed by atoms with van der Waals surface area (Å²) < 4.78 is 0. The minimum absolute atomic E-state index is 0.142. The Morgan fingerprint density at radius 3 is 2.55 bits per heavy atom. The van der Waals surface area contributed by atoms with Crippen molar-refractivity contribution in [2.45, 2.75) is 20.3 Å². The van der Waals surface area contributed by atoms with Crippen LogP contribution in [0.5, 0.6) is 0 Å². The fourth-order valence-corrected chi connectivity index (χ4v) is 3.90. The molecule has 0 radical (unpaired) electrons. The summed E-state index contributed by atoms with van der Waals surface area (Å²) in [7, 11) is 0. The second kappa shape index (κ2) is 7.89. The monoisotopic (exact) mass is 404 g/mol. The number of benzene rings is 2. The van der Waals surface area contributed by atoms with E-state index in [1.165, 1.54) is 11.3 Å². The van der Waals surface area contributed by atoms with Crippen LogP contribution in [0.3, 0.4) is 0 Å². The maximum Gasteiger partial charge on any atom is 0.265 e. The highest BCUT2D eigenvalue weighted by molar-refractivity contribution is 7.20. The fourth-order valence-electron chi connectivity index (χ4n) is 3.01. The molecule has 0 aliphatic carbocycles. The number of H-pyrrole nitrogens is 1. The number of aromatic nitrogens is 2. The summed E-state index contributed by atoms with van der Waals surface area (Å²) in [6.07, 6.45) is 0.269. The van der Waals surface area contributed by atoms with Crippen LogP contribution in [0, 0.1) is 13.8 Å². The predicted octanol–water partition coefficient (Wildman–Crippen LogP) is 4.67. The molecule has 2 amide bonds. The first-order valence-corrected chi connectivity index (χ1v) is 10.0. The van der Waals surface area contributed by atoms with Gasteiger partial charge in [-0.25, -0.2) is 0 Å². The molecule has 0 saturated heterocycles. The molecule has 4 rings (SSSR count). The van der Waals surface area contributed by atoms with Gasteiger partial charge < -0.3 is 10.6 Å². The molecule has 146 valence electrons. The van der Waals surface area contributed by atoms with Crippen LogP contribution in [0.2, 0.25) is 0 Å². The lowest BCUT2D eigenvalue weighted by molar-refractivity contribution is -0.115. The molecule has 3 N–H and O–H groups in total. The van der Waals surface area contributed by atoms with Gasteiger partial charge in [0, 0.05) is 5.69 Å². The van der Waals surface area contributed by atoms with E-state index in [1.807, 2.05) is 62.4 Å². The lowest BCUT2D eigenvalue weighted by Crippen LogP contribution is -2.15. The first kappa shape index (κ1) is 18.9. The number of hydrogen-bond donors (Lipinski definition) is 3. The number of anilines is 2. The number of fused-ring (bicyclic) bond motifs is 1. The van der Waals surface area contributed by atoms with Gasteiger partial charge in [-0.2, -0.15) is 5.10 Å². The third-order valence-corrected chi connectivity index (χ3v) is 5.53. The van der Waals surface area contributed by atoms with E-state index in [2.05, 4.69) is 20.8 Å². The zero-order valence-electron chi connectivity index (χ0n) is 16.1. The number of carbonyl (C=O) groups is 2. The van der Waals surface area contributed by atoms with E-state index in [-0.39, 0.29) is 18.2 Å². The van der Waals surface area contributed by atoms with Gasteiger partial charge in [-0.15, -0.1) is 11.3 Å². The second-order valence-corrected chi connectivity index (χ2v) is 7.99. The SMILES string of the molecule is Cc1ccc(CC(=O)Nc2[nH]nc3sc(C(=O)Nc4cccc(C)c4)cc23)cc1. The molecule has 2 aromatic carbocycles. The van der Waals surface area contributed by atoms with Crippen LogP contribution < -0.4 is 10.6 Å². The van der Waals surface area contributed by atoms with E-state index in [0.29, 0.717) is 15.5 Å². The molecular weight excluding hydrogens is 384 g/mol. The average Bonchev–Trinajstić information content (AvgIpc) is 3.26. The van der Waals surface area contributed by atoms with Gasteiger partial charge in [0.15, 0.2) is 0 Å². The highest BCUT2D eigenvalue weighted by Crippen LogP contribution is 2.30. The maximum atomic E-state index is 12.6. The van der Waals surface area contributed by atoms with Crippen LogP contribution in [0.25, 0.3) is 10.2 Å². The Morgan fingerprint density at radius 1 is 1.00 bits per heavy atom. The van der Waals surface area contributed by atoms with E-state index in [0.717, 1.165) is 27.8 Å². The van der Waals surface area contributed by atoms with Crippen molar-refractivity contribution in [3.8, 4) is 0 Å². The topological polar surface area (TPSA) is 86.9 Å². The summed E-state index contributed by atoms with van der Waals surface area (Å²) >= 11 is 1.28. The molecule has 2 aromatic heterocycles. The number of amides is 2. The molecule has 7 heteroatoms. The van der Waals surface area contributed by atoms with E-state index in [1.54, 1.807) is 6.07 Å². The van der Waals surface area contributed by atoms with Gasteiger partial charge in [0.1, 0.15) is 10.6 Å². The van der Waals surface area contributed by atoms with Gasteiger partial charge in [0.2, 0.25) is 5.91 Å². The van der Waals surface area contributed by atoms with Gasteiger partial charge >= 0.3 is 0 Å². The van der Waals surface area contributed by atoms with Crippen molar-refractivity contribution in [1.82, 2.24) is 10.2 Å². The lowest BCUT2D eigenvalue weighted by Gasteiger charge is -2.04. The van der Waals surface area contributed by atoms with Crippen molar-refractivity contribution in [3.05, 3.63) is 76.2 Å². The minimum atomic E-state index is -0.199. The number of carbonyl (C=O) groups excluding carboxylic acids is 2. The summed E-state index contributed by atoms with van der Waals surface area (Å²) in [6.45, 7) is 3.98. The number of nitrogens with zero attached hydrogens (tertiary/aromatic N) is 1. The van der Waals surface area contributed by atoms with Crippen LogP contribution in [0.4, 0.5) is 11.5 Å². The maximum absolute atomic E-state index is 12.6. The highest BCUT2D eigenvalue weighted by atomic mass is 32.1. The zero-order valence-corrected chi connectivity index (χ0v) is 16.9. The molecule has 0 bridgehead atoms. The summed E-state index contributed by atoms with van der Waals surface area (Å²) in [4.78, 5) is 26.2. The van der Waals surface area contributed by atoms with Gasteiger partial charge in [-0.05, 0) is 43.2 Å². The van der Waals surface area contributed by atoms with E-state index >= 15 is 0 Å². The summed E-state index contributed by atoms with van der Waals surface area (Å²) in [5.74, 6) is 0.162. The first-order chi connectivity index (χ1) is 14.0. The molecule has 6 nitrogen and oxygen atoms in total. The number of nitrogens with one attached hydrogen (secondary N) is 3. The Balaban J connectivity index is 1.47. The molecule has 0 saturated carbocycles. The molecule has 0 aliphatic heterocycles. The standard InChI is InChI=1S/C22H20N4O2S/c1-13-6-8-15(9-7-13)11-19(27)24-20-17-12-18(29-22(17)26-25-20)21(28)23-16-5-3-4-14(2)10-16/h3-10,12H,11H2,1-2H3,(H,23,28)(H2,24,25,26,27). The fraction of sp³-hybridized carbons (Fsp3) is 0.136. The van der Waals surface area contributed by atoms with Crippen molar-refractivity contribution in [2.24, 2.45) is 0 Å². The Bertz CT molecular complexity index is 1190. The van der Waals surface area contributed by atoms with Crippen molar-refractivity contribution >= 4 is 44.9 Å². The molecular formula is C22H20N4O2S. The molecule has 29 heavy (non-hydrogen) atoms. The van der Waals surface area contributed by atoms with Gasteiger partial charge in [-0.1, -0.05) is 42.0 Å². The third-order valence-electron chi connectivity index (χ3n) is 4.50. The Labute approximate surface area is 172 Å². The quantitative estimate of drug-likeness (QED) is 0.452. The van der Waals surface area contributed by atoms with Crippen molar-refractivity contribution < 1.29 is 9.59 Å². The molecule has 0 atom stereocenters. The second-order valence-electron chi connectivity index (χ2n) is 6.96. The van der Waals surface area contributed by atoms with Crippen molar-refractivity contribution in [2.75, 3.05) is 10.6 Å². The van der Waals surface area contributed by atoms with E-state index in [4.69, 9.17) is 0 Å². The Morgan fingerprint density at radius 2 is 1.79 bits per heavy atom. The average molecular weight is 404 g/mol. The number of rotatable bonds is 5. The van der Waals surface area contributed by atoms with Crippen LogP contribution in [0.15, 0.2) is 54.6 Å². The molecule has 0 fully saturated rings. The number of hydrogen-bond acceptors (Lipinski definition) is 4. The van der Waals surface area contributed by atoms with E-state index < -0.39 is 0 Å². The van der Waals surface area contributed by atoms with Crippen LogP contribution in [0.1, 0.15) is 26.4 Å². The summed E-state index contributed by atoms with van der Waals surface area (Å²) in [6, 6.07) is 17.2. The van der Waals surface area contributed by atoms with Crippen molar-refractivity contribution in [3.63, 3.8) is 0 Å². The van der Waals surface area contributed by atoms with Crippen LogP contribution in [-0.2, 0) is 11.2 Å². The number of aryl methyl sites for hydroxylation is 2. The van der Waals surface area contributed by atoms with E-state index in [9.17, 15) is 9.59 Å². The third kappa shape index (κ3) is 4.35. The molecule has 0 spiro atoms. The minimum Gasteiger partial charge on any atom is -0.321 e. The molecule has 0 unspecified atom stereocenters. The number of thiophene rings is 1. The highest BCUT2D eigenvalue weighted by Gasteiger charge is 2.17. The zero-order chi connectivity index (χ0) is 20.4. The summed E-state index contributed by atoms with van der Waals surface area (Å²) in [5, 5.41) is 13.5. The van der Waals surface area contributed by atoms with Gasteiger partial charge in [-0.3, -0.25) is 14.7 Å². The molecule has 4 aromatic rings. The summed E-state index contributed by atoms with van der Waals surface area (Å²) in [5.41, 5.74) is 3.91. The smallest absolute Gasteiger partial charge is 0.265 e. The van der Waals surface area contributed by atoms with Crippen LogP contribution in [-0.4, -0.2) is 22.0 Å². The normalized spacial score (nSPS) is 10.8. The van der Waals surface area contributed by atoms with Gasteiger partial charge in [0.25, 0.3) is 5.91 Å². The Hall–Kier alpha value is -3.45. The first-order valence-electron chi connectivity index (χ1n) is 9.19. The lowest BCUT2D eigenvalue weighted by atomic mass is 10.1. The largest absolute Gasteiger partial charge is 0.321 e. The van der Waals surface area contributed by atoms with Crippen molar-refractivity contribution in [1.29, 1.82) is 0 Å². The number of aromatic amines is 1. The molecule has 0 aliphatic rings. The van der Waals surface area contributed by atoms with Gasteiger partial charge in [0.05, 0.1) is 16.7 Å².